The van der Waals surface area contributed by atoms with Crippen LogP contribution in [0.4, 0.5) is 0 Å². The normalized spacial score (nSPS) is 27.5. The zero-order chi connectivity index (χ0) is 11.1. The van der Waals surface area contributed by atoms with Crippen molar-refractivity contribution < 1.29 is 4.21 Å². The van der Waals surface area contributed by atoms with Gasteiger partial charge in [0.1, 0.15) is 0 Å². The van der Waals surface area contributed by atoms with E-state index in [0.717, 1.165) is 25.9 Å². The first-order valence-corrected chi connectivity index (χ1v) is 7.56. The van der Waals surface area contributed by atoms with Crippen molar-refractivity contribution in [3.05, 3.63) is 11.6 Å². The van der Waals surface area contributed by atoms with Crippen LogP contribution in [0.3, 0.4) is 0 Å². The summed E-state index contributed by atoms with van der Waals surface area (Å²) in [5.41, 5.74) is 1.42. The molecule has 1 fully saturated rings. The number of hydrogen-bond acceptors (Lipinski definition) is 1. The molecule has 0 spiro atoms. The molecule has 0 aromatic carbocycles. The second-order valence-electron chi connectivity index (χ2n) is 5.00. The van der Waals surface area contributed by atoms with Crippen LogP contribution < -0.4 is 0 Å². The highest BCUT2D eigenvalue weighted by Gasteiger charge is 2.32. The maximum atomic E-state index is 12.5. The maximum Gasteiger partial charge on any atom is 0.0404 e. The molecule has 1 saturated carbocycles. The molecule has 0 N–H and O–H groups in total. The Morgan fingerprint density at radius 1 is 1.53 bits per heavy atom. The van der Waals surface area contributed by atoms with Gasteiger partial charge in [0, 0.05) is 28.0 Å². The fourth-order valence-corrected chi connectivity index (χ4v) is 4.34. The fourth-order valence-electron chi connectivity index (χ4n) is 2.16. The Hall–Kier alpha value is -0.280. The monoisotopic (exact) mass is 227 g/mol. The number of nitrogens with zero attached hydrogens (tertiary/aromatic N) is 1. The molecule has 1 unspecified atom stereocenters. The summed E-state index contributed by atoms with van der Waals surface area (Å²) < 4.78 is 14.6. The molecule has 0 saturated heterocycles. The highest BCUT2D eigenvalue weighted by atomic mass is 32.2. The standard InChI is InChI=1S/C12H21NOS/c1-10(2)11-7-8-13(9-11)15(3,14)12-5-4-6-12/h7,10,12H,3-6,8-9H2,1-2H3. The van der Waals surface area contributed by atoms with Crippen LogP contribution in [-0.4, -0.2) is 32.7 Å². The Kier molecular flexibility index (Phi) is 2.95. The van der Waals surface area contributed by atoms with Crippen LogP contribution in [0.5, 0.6) is 0 Å². The first-order chi connectivity index (χ1) is 7.01. The van der Waals surface area contributed by atoms with Crippen molar-refractivity contribution in [2.45, 2.75) is 38.4 Å². The SMILES string of the molecule is C=S(=O)(C1CCC1)N1CC=C(C(C)C)C1. The summed E-state index contributed by atoms with van der Waals surface area (Å²) >= 11 is 0. The van der Waals surface area contributed by atoms with E-state index in [1.165, 1.54) is 12.0 Å². The first-order valence-electron chi connectivity index (χ1n) is 5.82. The topological polar surface area (TPSA) is 20.3 Å². The summed E-state index contributed by atoms with van der Waals surface area (Å²) in [6.45, 7) is 6.11. The second-order valence-corrected chi connectivity index (χ2v) is 7.56. The van der Waals surface area contributed by atoms with Crippen molar-refractivity contribution in [3.63, 3.8) is 0 Å². The lowest BCUT2D eigenvalue weighted by Crippen LogP contribution is -2.40. The molecule has 0 amide bonds. The molecule has 1 heterocycles. The summed E-state index contributed by atoms with van der Waals surface area (Å²) in [5, 5.41) is 0.359. The van der Waals surface area contributed by atoms with E-state index in [-0.39, 0.29) is 0 Å². The number of hydrogen-bond donors (Lipinski definition) is 0. The van der Waals surface area contributed by atoms with Crippen molar-refractivity contribution in [3.8, 4) is 0 Å². The Balaban J connectivity index is 2.03. The highest BCUT2D eigenvalue weighted by molar-refractivity contribution is 7.98. The molecule has 3 heteroatoms. The van der Waals surface area contributed by atoms with Crippen LogP contribution in [0.15, 0.2) is 11.6 Å². The lowest BCUT2D eigenvalue weighted by molar-refractivity contribution is 0.459. The Labute approximate surface area is 93.5 Å². The zero-order valence-electron chi connectivity index (χ0n) is 9.74. The van der Waals surface area contributed by atoms with Gasteiger partial charge >= 0.3 is 0 Å². The third-order valence-electron chi connectivity index (χ3n) is 3.67. The van der Waals surface area contributed by atoms with Gasteiger partial charge < -0.3 is 0 Å². The minimum Gasteiger partial charge on any atom is -0.252 e. The average molecular weight is 227 g/mol. The summed E-state index contributed by atoms with van der Waals surface area (Å²) in [5.74, 6) is 4.56. The Morgan fingerprint density at radius 3 is 2.60 bits per heavy atom. The van der Waals surface area contributed by atoms with Crippen LogP contribution in [0.1, 0.15) is 33.1 Å². The van der Waals surface area contributed by atoms with Crippen LogP contribution in [0.2, 0.25) is 0 Å². The van der Waals surface area contributed by atoms with E-state index in [1.54, 1.807) is 0 Å². The fraction of sp³-hybridized carbons (Fsp3) is 0.750. The molecule has 0 aromatic rings. The van der Waals surface area contributed by atoms with Gasteiger partial charge in [-0.15, -0.1) is 0 Å². The van der Waals surface area contributed by atoms with Gasteiger partial charge in [-0.25, -0.2) is 4.31 Å². The third-order valence-corrected chi connectivity index (χ3v) is 6.33. The minimum atomic E-state index is -1.99. The second kappa shape index (κ2) is 3.95. The lowest BCUT2D eigenvalue weighted by atomic mass is 10.0. The summed E-state index contributed by atoms with van der Waals surface area (Å²) in [4.78, 5) is 0. The highest BCUT2D eigenvalue weighted by Crippen LogP contribution is 2.31. The molecular formula is C12H21NOS. The predicted octanol–water partition coefficient (Wildman–Crippen LogP) is 2.07. The molecule has 86 valence electrons. The molecule has 0 radical (unpaired) electrons. The van der Waals surface area contributed by atoms with E-state index >= 15 is 0 Å². The average Bonchev–Trinajstić information content (AvgIpc) is 2.46. The van der Waals surface area contributed by atoms with E-state index in [0.29, 0.717) is 11.2 Å². The zero-order valence-corrected chi connectivity index (χ0v) is 10.6. The van der Waals surface area contributed by atoms with Crippen molar-refractivity contribution in [2.24, 2.45) is 5.92 Å². The molecule has 15 heavy (non-hydrogen) atoms. The third kappa shape index (κ3) is 2.00. The van der Waals surface area contributed by atoms with Crippen molar-refractivity contribution in [1.29, 1.82) is 0 Å². The van der Waals surface area contributed by atoms with Crippen LogP contribution in [0, 0.1) is 5.92 Å². The Bertz CT molecular complexity index is 363. The molecular weight excluding hydrogens is 206 g/mol. The predicted molar refractivity (Wildman–Crippen MR) is 67.4 cm³/mol. The van der Waals surface area contributed by atoms with Gasteiger partial charge in [-0.2, -0.15) is 0 Å². The smallest absolute Gasteiger partial charge is 0.0404 e. The molecule has 1 aliphatic carbocycles. The number of rotatable bonds is 3. The van der Waals surface area contributed by atoms with Gasteiger partial charge in [0.25, 0.3) is 0 Å². The van der Waals surface area contributed by atoms with Crippen LogP contribution >= 0.6 is 0 Å². The molecule has 2 nitrogen and oxygen atoms in total. The summed E-state index contributed by atoms with van der Waals surface area (Å²) in [7, 11) is -1.99. The molecule has 1 aliphatic heterocycles. The summed E-state index contributed by atoms with van der Waals surface area (Å²) in [6.07, 6.45) is 5.68. The lowest BCUT2D eigenvalue weighted by Gasteiger charge is -2.34. The van der Waals surface area contributed by atoms with E-state index in [9.17, 15) is 4.21 Å². The molecule has 2 rings (SSSR count). The molecule has 2 aliphatic rings. The van der Waals surface area contributed by atoms with Crippen LogP contribution in [0.25, 0.3) is 0 Å². The van der Waals surface area contributed by atoms with Crippen LogP contribution in [-0.2, 0) is 9.71 Å². The van der Waals surface area contributed by atoms with Gasteiger partial charge in [-0.05, 0) is 24.6 Å². The molecule has 0 bridgehead atoms. The largest absolute Gasteiger partial charge is 0.252 e. The van der Waals surface area contributed by atoms with E-state index in [4.69, 9.17) is 0 Å². The van der Waals surface area contributed by atoms with Crippen molar-refractivity contribution in [1.82, 2.24) is 4.31 Å². The maximum absolute atomic E-state index is 12.5. The van der Waals surface area contributed by atoms with Gasteiger partial charge in [0.2, 0.25) is 0 Å². The van der Waals surface area contributed by atoms with Gasteiger partial charge in [0.15, 0.2) is 0 Å². The van der Waals surface area contributed by atoms with E-state index in [1.807, 2.05) is 0 Å². The molecule has 0 aromatic heterocycles. The molecule has 1 atom stereocenters. The van der Waals surface area contributed by atoms with E-state index < -0.39 is 9.71 Å². The van der Waals surface area contributed by atoms with Crippen molar-refractivity contribution in [2.75, 3.05) is 13.1 Å². The Morgan fingerprint density at radius 2 is 2.20 bits per heavy atom. The van der Waals surface area contributed by atoms with E-state index in [2.05, 4.69) is 30.1 Å². The van der Waals surface area contributed by atoms with Crippen molar-refractivity contribution >= 4 is 15.6 Å². The first kappa shape index (κ1) is 11.2. The summed E-state index contributed by atoms with van der Waals surface area (Å²) in [6, 6.07) is 0. The van der Waals surface area contributed by atoms with Gasteiger partial charge in [-0.3, -0.25) is 4.21 Å². The quantitative estimate of drug-likeness (QED) is 0.534. The van der Waals surface area contributed by atoms with Gasteiger partial charge in [-0.1, -0.05) is 31.9 Å². The minimum absolute atomic E-state index is 0.359. The van der Waals surface area contributed by atoms with Gasteiger partial charge in [0.05, 0.1) is 0 Å².